The first-order valence-electron chi connectivity index (χ1n) is 12.2. The van der Waals surface area contributed by atoms with Crippen molar-refractivity contribution in [2.45, 2.75) is 44.7 Å². The predicted molar refractivity (Wildman–Crippen MR) is 138 cm³/mol. The van der Waals surface area contributed by atoms with Gasteiger partial charge in [0.15, 0.2) is 0 Å². The van der Waals surface area contributed by atoms with Crippen LogP contribution in [0.5, 0.6) is 0 Å². The van der Waals surface area contributed by atoms with Crippen LogP contribution in [0.25, 0.3) is 11.0 Å². The highest BCUT2D eigenvalue weighted by Gasteiger charge is 2.23. The van der Waals surface area contributed by atoms with E-state index in [-0.39, 0.29) is 10.8 Å². The van der Waals surface area contributed by atoms with E-state index in [0.717, 1.165) is 44.1 Å². The fourth-order valence-corrected chi connectivity index (χ4v) is 5.60. The zero-order valence-corrected chi connectivity index (χ0v) is 21.9. The van der Waals surface area contributed by atoms with Crippen LogP contribution in [0.2, 0.25) is 0 Å². The number of piperazine rings is 1. The molecule has 35 heavy (non-hydrogen) atoms. The highest BCUT2D eigenvalue weighted by atomic mass is 32.2. The Morgan fingerprint density at radius 2 is 1.80 bits per heavy atom. The Hall–Kier alpha value is -2.75. The number of fused-ring (bicyclic) bond motifs is 1. The zero-order valence-electron chi connectivity index (χ0n) is 21.1. The molecule has 2 heterocycles. The second kappa shape index (κ2) is 10.5. The fourth-order valence-electron chi connectivity index (χ4n) is 4.68. The van der Waals surface area contributed by atoms with Crippen LogP contribution in [0.1, 0.15) is 30.3 Å². The molecule has 0 N–H and O–H groups in total. The lowest BCUT2D eigenvalue weighted by Crippen LogP contribution is -2.48. The number of hydrogen-bond donors (Lipinski definition) is 0. The molecule has 1 aliphatic rings. The minimum atomic E-state index is -3.53. The molecule has 1 aromatic heterocycles. The first kappa shape index (κ1) is 25.3. The molecule has 1 saturated heterocycles. The van der Waals surface area contributed by atoms with Crippen molar-refractivity contribution in [2.24, 2.45) is 0 Å². The summed E-state index contributed by atoms with van der Waals surface area (Å²) < 4.78 is 28.3. The van der Waals surface area contributed by atoms with Crippen LogP contribution in [0.4, 0.5) is 0 Å². The molecule has 0 aliphatic carbocycles. The van der Waals surface area contributed by atoms with E-state index in [4.69, 9.17) is 4.98 Å². The summed E-state index contributed by atoms with van der Waals surface area (Å²) in [5.41, 5.74) is 4.11. The van der Waals surface area contributed by atoms with Gasteiger partial charge >= 0.3 is 0 Å². The van der Waals surface area contributed by atoms with Gasteiger partial charge in [-0.25, -0.2) is 17.7 Å². The van der Waals surface area contributed by atoms with E-state index in [1.54, 1.807) is 18.2 Å². The molecule has 0 unspecified atom stereocenters. The molecular formula is C26H35N5O3S. The summed E-state index contributed by atoms with van der Waals surface area (Å²) in [5, 5.41) is 0. The average molecular weight is 498 g/mol. The highest BCUT2D eigenvalue weighted by Crippen LogP contribution is 2.23. The van der Waals surface area contributed by atoms with Crippen LogP contribution in [0.3, 0.4) is 0 Å². The van der Waals surface area contributed by atoms with Crippen LogP contribution in [-0.2, 0) is 34.3 Å². The van der Waals surface area contributed by atoms with E-state index in [1.807, 2.05) is 11.8 Å². The number of nitrogens with zero attached hydrogens (tertiary/aromatic N) is 5. The maximum atomic E-state index is 12.9. The third kappa shape index (κ3) is 5.58. The van der Waals surface area contributed by atoms with Crippen molar-refractivity contribution in [3.8, 4) is 0 Å². The molecule has 3 aromatic rings. The number of carbonyl (C=O) groups is 1. The van der Waals surface area contributed by atoms with Crippen LogP contribution in [-0.4, -0.2) is 78.3 Å². The number of carbonyl (C=O) groups excluding carboxylic acids is 1. The van der Waals surface area contributed by atoms with Gasteiger partial charge in [-0.1, -0.05) is 29.8 Å². The Morgan fingerprint density at radius 1 is 1.06 bits per heavy atom. The largest absolute Gasteiger partial charge is 0.340 e. The van der Waals surface area contributed by atoms with Gasteiger partial charge in [-0.05, 0) is 37.6 Å². The fraction of sp³-hybridized carbons (Fsp3) is 0.462. The van der Waals surface area contributed by atoms with E-state index >= 15 is 0 Å². The molecule has 0 atom stereocenters. The highest BCUT2D eigenvalue weighted by molar-refractivity contribution is 7.89. The predicted octanol–water partition coefficient (Wildman–Crippen LogP) is 2.89. The third-order valence-electron chi connectivity index (χ3n) is 6.67. The number of aromatic nitrogens is 2. The molecular weight excluding hydrogens is 462 g/mol. The summed E-state index contributed by atoms with van der Waals surface area (Å²) in [5.74, 6) is 0.958. The Bertz CT molecular complexity index is 1310. The molecule has 8 nitrogen and oxygen atoms in total. The number of sulfonamides is 1. The smallest absolute Gasteiger partial charge is 0.242 e. The summed E-state index contributed by atoms with van der Waals surface area (Å²) >= 11 is 0. The molecule has 9 heteroatoms. The van der Waals surface area contributed by atoms with E-state index in [9.17, 15) is 13.2 Å². The van der Waals surface area contributed by atoms with E-state index < -0.39 is 10.0 Å². The molecule has 0 saturated carbocycles. The average Bonchev–Trinajstić information content (AvgIpc) is 3.19. The number of aryl methyl sites for hydroxylation is 3. The molecule has 2 aromatic carbocycles. The van der Waals surface area contributed by atoms with Crippen molar-refractivity contribution >= 4 is 27.0 Å². The number of imidazole rings is 1. The Morgan fingerprint density at radius 3 is 2.46 bits per heavy atom. The second-order valence-electron chi connectivity index (χ2n) is 9.36. The van der Waals surface area contributed by atoms with Gasteiger partial charge in [0.25, 0.3) is 0 Å². The van der Waals surface area contributed by atoms with Crippen molar-refractivity contribution in [3.63, 3.8) is 0 Å². The van der Waals surface area contributed by atoms with Crippen LogP contribution in [0, 0.1) is 6.92 Å². The van der Waals surface area contributed by atoms with Crippen LogP contribution in [0.15, 0.2) is 47.4 Å². The lowest BCUT2D eigenvalue weighted by molar-refractivity contribution is -0.133. The Labute approximate surface area is 208 Å². The first-order chi connectivity index (χ1) is 16.7. The van der Waals surface area contributed by atoms with Crippen molar-refractivity contribution in [3.05, 3.63) is 59.4 Å². The quantitative estimate of drug-likeness (QED) is 0.478. The second-order valence-corrected chi connectivity index (χ2v) is 11.5. The summed E-state index contributed by atoms with van der Waals surface area (Å²) in [6.07, 6.45) is 0.921. The number of benzene rings is 2. The third-order valence-corrected chi connectivity index (χ3v) is 8.48. The Kier molecular flexibility index (Phi) is 7.59. The summed E-state index contributed by atoms with van der Waals surface area (Å²) in [4.78, 5) is 22.2. The molecule has 1 fully saturated rings. The maximum absolute atomic E-state index is 12.9. The molecule has 0 bridgehead atoms. The van der Waals surface area contributed by atoms with E-state index in [2.05, 4.69) is 40.7 Å². The van der Waals surface area contributed by atoms with Crippen molar-refractivity contribution in [1.29, 1.82) is 0 Å². The summed E-state index contributed by atoms with van der Waals surface area (Å²) in [6, 6.07) is 13.6. The molecule has 4 rings (SSSR count). The van der Waals surface area contributed by atoms with E-state index in [0.29, 0.717) is 24.9 Å². The van der Waals surface area contributed by atoms with Gasteiger partial charge in [-0.2, -0.15) is 0 Å². The van der Waals surface area contributed by atoms with Crippen molar-refractivity contribution in [2.75, 3.05) is 40.3 Å². The van der Waals surface area contributed by atoms with E-state index in [1.165, 1.54) is 29.5 Å². The SMILES string of the molecule is CCn1c(CCC(=O)N2CCN(Cc3cccc(C)c3)CC2)nc2cc(S(=O)(=O)N(C)C)ccc21. The maximum Gasteiger partial charge on any atom is 0.242 e. The van der Waals surface area contributed by atoms with Gasteiger partial charge in [-0.15, -0.1) is 0 Å². The Balaban J connectivity index is 1.38. The molecule has 188 valence electrons. The number of amides is 1. The van der Waals surface area contributed by atoms with Gasteiger partial charge in [0, 0.05) is 66.2 Å². The molecule has 0 radical (unpaired) electrons. The van der Waals surface area contributed by atoms with Gasteiger partial charge in [0.1, 0.15) is 5.82 Å². The monoisotopic (exact) mass is 497 g/mol. The first-order valence-corrected chi connectivity index (χ1v) is 13.6. The number of rotatable bonds is 8. The lowest BCUT2D eigenvalue weighted by Gasteiger charge is -2.35. The molecule has 1 amide bonds. The van der Waals surface area contributed by atoms with Gasteiger partial charge in [-0.3, -0.25) is 9.69 Å². The summed E-state index contributed by atoms with van der Waals surface area (Å²) in [6.45, 7) is 8.98. The summed E-state index contributed by atoms with van der Waals surface area (Å²) in [7, 11) is -0.491. The van der Waals surface area contributed by atoms with Gasteiger partial charge in [0.05, 0.1) is 15.9 Å². The zero-order chi connectivity index (χ0) is 25.2. The van der Waals surface area contributed by atoms with Crippen molar-refractivity contribution in [1.82, 2.24) is 23.7 Å². The minimum Gasteiger partial charge on any atom is -0.340 e. The molecule has 1 aliphatic heterocycles. The van der Waals surface area contributed by atoms with Crippen LogP contribution < -0.4 is 0 Å². The van der Waals surface area contributed by atoms with Gasteiger partial charge in [0.2, 0.25) is 15.9 Å². The number of hydrogen-bond acceptors (Lipinski definition) is 5. The normalized spacial score (nSPS) is 15.3. The lowest BCUT2D eigenvalue weighted by atomic mass is 10.1. The van der Waals surface area contributed by atoms with Crippen LogP contribution >= 0.6 is 0 Å². The standard InChI is InChI=1S/C26H35N5O3S/c1-5-31-24-10-9-22(35(33,34)28(3)4)18-23(24)27-25(31)11-12-26(32)30-15-13-29(14-16-30)19-21-8-6-7-20(2)17-21/h6-10,17-18H,5,11-16,19H2,1-4H3. The topological polar surface area (TPSA) is 78.8 Å². The van der Waals surface area contributed by atoms with Crippen molar-refractivity contribution < 1.29 is 13.2 Å². The molecule has 0 spiro atoms. The van der Waals surface area contributed by atoms with Gasteiger partial charge < -0.3 is 9.47 Å². The minimum absolute atomic E-state index is 0.144.